The Hall–Kier alpha value is -2.17. The van der Waals surface area contributed by atoms with Crippen LogP contribution in [0.15, 0.2) is 24.3 Å². The van der Waals surface area contributed by atoms with Crippen LogP contribution in [0.5, 0.6) is 0 Å². The first-order valence-electron chi connectivity index (χ1n) is 8.91. The van der Waals surface area contributed by atoms with Gasteiger partial charge in [-0.3, -0.25) is 19.3 Å². The molecule has 1 saturated carbocycles. The van der Waals surface area contributed by atoms with Gasteiger partial charge in [0.1, 0.15) is 6.54 Å². The van der Waals surface area contributed by atoms with Crippen LogP contribution in [0.25, 0.3) is 0 Å². The topological polar surface area (TPSA) is 57.7 Å². The molecule has 2 heterocycles. The van der Waals surface area contributed by atoms with E-state index in [1.807, 2.05) is 4.90 Å². The van der Waals surface area contributed by atoms with Crippen molar-refractivity contribution >= 4 is 17.7 Å². The van der Waals surface area contributed by atoms with Crippen molar-refractivity contribution < 1.29 is 14.4 Å². The maximum atomic E-state index is 12.8. The monoisotopic (exact) mass is 326 g/mol. The van der Waals surface area contributed by atoms with E-state index in [0.29, 0.717) is 23.1 Å². The zero-order chi connectivity index (χ0) is 16.7. The number of likely N-dealkylation sites (tertiary alicyclic amines) is 1. The molecule has 24 heavy (non-hydrogen) atoms. The molecular weight excluding hydrogens is 304 g/mol. The van der Waals surface area contributed by atoms with Gasteiger partial charge in [0.2, 0.25) is 5.91 Å². The van der Waals surface area contributed by atoms with E-state index < -0.39 is 0 Å². The molecule has 1 aliphatic carbocycles. The summed E-state index contributed by atoms with van der Waals surface area (Å²) in [6.45, 7) is 0.624. The fourth-order valence-electron chi connectivity index (χ4n) is 4.54. The summed E-state index contributed by atoms with van der Waals surface area (Å²) in [6.07, 6.45) is 6.88. The molecule has 1 saturated heterocycles. The third-order valence-corrected chi connectivity index (χ3v) is 5.74. The van der Waals surface area contributed by atoms with E-state index in [1.54, 1.807) is 24.3 Å². The smallest absolute Gasteiger partial charge is 0.262 e. The molecule has 2 aliphatic heterocycles. The van der Waals surface area contributed by atoms with Crippen LogP contribution in [0, 0.1) is 5.92 Å². The highest BCUT2D eigenvalue weighted by Gasteiger charge is 2.40. The van der Waals surface area contributed by atoms with Crippen molar-refractivity contribution in [3.05, 3.63) is 35.4 Å². The lowest BCUT2D eigenvalue weighted by molar-refractivity contribution is -0.137. The fourth-order valence-corrected chi connectivity index (χ4v) is 4.54. The standard InChI is InChI=1S/C19H22N2O3/c22-17(20-11-5-7-13-6-1-4-10-16(13)20)12-21-18(23)14-8-2-3-9-15(14)19(21)24/h2-3,8-9,13,16H,1,4-7,10-12H2. The average Bonchev–Trinajstić information content (AvgIpc) is 2.86. The van der Waals surface area contributed by atoms with E-state index >= 15 is 0 Å². The number of fused-ring (bicyclic) bond motifs is 2. The summed E-state index contributed by atoms with van der Waals surface area (Å²) < 4.78 is 0. The lowest BCUT2D eigenvalue weighted by atomic mass is 9.78. The Kier molecular flexibility index (Phi) is 3.87. The van der Waals surface area contributed by atoms with Crippen molar-refractivity contribution in [1.29, 1.82) is 0 Å². The van der Waals surface area contributed by atoms with Gasteiger partial charge >= 0.3 is 0 Å². The number of benzene rings is 1. The summed E-state index contributed by atoms with van der Waals surface area (Å²) in [7, 11) is 0. The lowest BCUT2D eigenvalue weighted by Gasteiger charge is -2.44. The summed E-state index contributed by atoms with van der Waals surface area (Å²) in [4.78, 5) is 40.8. The fraction of sp³-hybridized carbons (Fsp3) is 0.526. The second-order valence-corrected chi connectivity index (χ2v) is 7.08. The van der Waals surface area contributed by atoms with Crippen LogP contribution in [0.3, 0.4) is 0 Å². The minimum absolute atomic E-state index is 0.0823. The van der Waals surface area contributed by atoms with E-state index in [-0.39, 0.29) is 24.3 Å². The Balaban J connectivity index is 1.50. The first kappa shape index (κ1) is 15.4. The molecule has 4 rings (SSSR count). The van der Waals surface area contributed by atoms with Crippen LogP contribution >= 0.6 is 0 Å². The molecule has 0 bridgehead atoms. The van der Waals surface area contributed by atoms with Crippen LogP contribution in [0.4, 0.5) is 0 Å². The highest BCUT2D eigenvalue weighted by molar-refractivity contribution is 6.22. The Labute approximate surface area is 141 Å². The lowest BCUT2D eigenvalue weighted by Crippen LogP contribution is -2.53. The van der Waals surface area contributed by atoms with Crippen LogP contribution in [0.1, 0.15) is 59.2 Å². The Morgan fingerprint density at radius 3 is 2.29 bits per heavy atom. The second kappa shape index (κ2) is 6.04. The van der Waals surface area contributed by atoms with Gasteiger partial charge in [0.15, 0.2) is 0 Å². The number of piperidine rings is 1. The summed E-state index contributed by atoms with van der Waals surface area (Å²) in [5, 5.41) is 0. The Morgan fingerprint density at radius 1 is 0.958 bits per heavy atom. The number of hydrogen-bond acceptors (Lipinski definition) is 3. The first-order valence-corrected chi connectivity index (χ1v) is 8.91. The third kappa shape index (κ3) is 2.43. The predicted molar refractivity (Wildman–Crippen MR) is 88.5 cm³/mol. The van der Waals surface area contributed by atoms with Crippen molar-refractivity contribution in [3.8, 4) is 0 Å². The molecule has 126 valence electrons. The zero-order valence-corrected chi connectivity index (χ0v) is 13.7. The number of carbonyl (C=O) groups excluding carboxylic acids is 3. The van der Waals surface area contributed by atoms with E-state index in [0.717, 1.165) is 30.7 Å². The molecule has 5 heteroatoms. The van der Waals surface area contributed by atoms with Crippen molar-refractivity contribution in [3.63, 3.8) is 0 Å². The van der Waals surface area contributed by atoms with Crippen molar-refractivity contribution in [1.82, 2.24) is 9.80 Å². The molecule has 2 atom stereocenters. The van der Waals surface area contributed by atoms with Gasteiger partial charge in [-0.1, -0.05) is 25.0 Å². The Bertz CT molecular complexity index is 663. The maximum absolute atomic E-state index is 12.8. The number of imide groups is 1. The number of rotatable bonds is 2. The number of nitrogens with zero attached hydrogens (tertiary/aromatic N) is 2. The van der Waals surface area contributed by atoms with Gasteiger partial charge in [0.05, 0.1) is 11.1 Å². The van der Waals surface area contributed by atoms with Crippen molar-refractivity contribution in [2.45, 2.75) is 44.6 Å². The molecule has 2 fully saturated rings. The molecular formula is C19H22N2O3. The van der Waals surface area contributed by atoms with Gasteiger partial charge in [-0.25, -0.2) is 0 Å². The van der Waals surface area contributed by atoms with Crippen LogP contribution in [-0.4, -0.2) is 46.7 Å². The molecule has 3 aliphatic rings. The highest BCUT2D eigenvalue weighted by Crippen LogP contribution is 2.35. The SMILES string of the molecule is O=C1c2ccccc2C(=O)N1CC(=O)N1CCCC2CCCCC21. The van der Waals surface area contributed by atoms with Gasteiger partial charge < -0.3 is 4.90 Å². The minimum Gasteiger partial charge on any atom is -0.338 e. The van der Waals surface area contributed by atoms with Crippen LogP contribution in [-0.2, 0) is 4.79 Å². The van der Waals surface area contributed by atoms with Gasteiger partial charge in [-0.05, 0) is 43.7 Å². The van der Waals surface area contributed by atoms with E-state index in [4.69, 9.17) is 0 Å². The van der Waals surface area contributed by atoms with Gasteiger partial charge in [-0.15, -0.1) is 0 Å². The largest absolute Gasteiger partial charge is 0.338 e. The predicted octanol–water partition coefficient (Wildman–Crippen LogP) is 2.46. The van der Waals surface area contributed by atoms with E-state index in [1.165, 1.54) is 19.3 Å². The van der Waals surface area contributed by atoms with Crippen molar-refractivity contribution in [2.24, 2.45) is 5.92 Å². The van der Waals surface area contributed by atoms with Crippen LogP contribution in [0.2, 0.25) is 0 Å². The third-order valence-electron chi connectivity index (χ3n) is 5.74. The molecule has 0 aromatic heterocycles. The number of hydrogen-bond donors (Lipinski definition) is 0. The molecule has 0 radical (unpaired) electrons. The van der Waals surface area contributed by atoms with Gasteiger partial charge in [-0.2, -0.15) is 0 Å². The average molecular weight is 326 g/mol. The van der Waals surface area contributed by atoms with Gasteiger partial charge in [0.25, 0.3) is 11.8 Å². The highest BCUT2D eigenvalue weighted by atomic mass is 16.2. The summed E-state index contributed by atoms with van der Waals surface area (Å²) in [6, 6.07) is 7.09. The summed E-state index contributed by atoms with van der Waals surface area (Å²) >= 11 is 0. The van der Waals surface area contributed by atoms with E-state index in [2.05, 4.69) is 0 Å². The first-order chi connectivity index (χ1) is 11.7. The molecule has 3 amide bonds. The normalized spacial score (nSPS) is 26.3. The summed E-state index contributed by atoms with van der Waals surface area (Å²) in [5.41, 5.74) is 0.814. The zero-order valence-electron chi connectivity index (χ0n) is 13.7. The second-order valence-electron chi connectivity index (χ2n) is 7.08. The molecule has 0 N–H and O–H groups in total. The Morgan fingerprint density at radius 2 is 1.58 bits per heavy atom. The quantitative estimate of drug-likeness (QED) is 0.785. The molecule has 5 nitrogen and oxygen atoms in total. The molecule has 1 aromatic rings. The summed E-state index contributed by atoms with van der Waals surface area (Å²) in [5.74, 6) is -0.179. The number of amides is 3. The molecule has 0 spiro atoms. The minimum atomic E-state index is -0.346. The molecule has 1 aromatic carbocycles. The van der Waals surface area contributed by atoms with Crippen molar-refractivity contribution in [2.75, 3.05) is 13.1 Å². The van der Waals surface area contributed by atoms with Crippen LogP contribution < -0.4 is 0 Å². The maximum Gasteiger partial charge on any atom is 0.262 e. The van der Waals surface area contributed by atoms with E-state index in [9.17, 15) is 14.4 Å². The van der Waals surface area contributed by atoms with Gasteiger partial charge in [0, 0.05) is 12.6 Å². The molecule has 2 unspecified atom stereocenters. The number of carbonyl (C=O) groups is 3.